The molecule has 1 aliphatic rings. The van der Waals surface area contributed by atoms with Crippen LogP contribution in [0.1, 0.15) is 29.0 Å². The quantitative estimate of drug-likeness (QED) is 0.739. The van der Waals surface area contributed by atoms with E-state index < -0.39 is 5.97 Å². The molecule has 0 fully saturated rings. The molecule has 2 rings (SSSR count). The minimum absolute atomic E-state index is 0.347. The molecule has 1 heterocycles. The summed E-state index contributed by atoms with van der Waals surface area (Å²) in [5.41, 5.74) is 4.27. The van der Waals surface area contributed by atoms with Crippen molar-refractivity contribution in [3.63, 3.8) is 0 Å². The number of carbonyl (C=O) groups is 1. The Bertz CT molecular complexity index is 412. The van der Waals surface area contributed by atoms with E-state index in [0.29, 0.717) is 6.42 Å². The van der Waals surface area contributed by atoms with E-state index in [0.717, 1.165) is 23.4 Å². The van der Waals surface area contributed by atoms with Crippen molar-refractivity contribution in [3.05, 3.63) is 28.8 Å². The molecule has 1 aliphatic heterocycles. The normalized spacial score (nSPS) is 19.2. The predicted molar refractivity (Wildman–Crippen MR) is 59.4 cm³/mol. The predicted octanol–water partition coefficient (Wildman–Crippen LogP) is 2.29. The first-order valence-corrected chi connectivity index (χ1v) is 5.17. The molecular formula is C12H15NO2. The van der Waals surface area contributed by atoms with Gasteiger partial charge in [-0.3, -0.25) is 4.79 Å². The lowest BCUT2D eigenvalue weighted by Gasteiger charge is -2.25. The van der Waals surface area contributed by atoms with Gasteiger partial charge < -0.3 is 10.4 Å². The first-order valence-electron chi connectivity index (χ1n) is 5.17. The van der Waals surface area contributed by atoms with Crippen molar-refractivity contribution in [1.29, 1.82) is 0 Å². The van der Waals surface area contributed by atoms with Crippen LogP contribution in [0.4, 0.5) is 5.69 Å². The Labute approximate surface area is 89.1 Å². The Morgan fingerprint density at radius 2 is 2.07 bits per heavy atom. The standard InChI is InChI=1S/C12H15NO2/c1-7-5-10-9(12(14)15)3-4-13-11(10)6-8(7)2/h5-6,9,13H,3-4H2,1-2H3,(H,14,15). The molecule has 1 aromatic rings. The molecular weight excluding hydrogens is 190 g/mol. The fourth-order valence-corrected chi connectivity index (χ4v) is 2.04. The lowest BCUT2D eigenvalue weighted by molar-refractivity contribution is -0.138. The van der Waals surface area contributed by atoms with Crippen LogP contribution in [0.5, 0.6) is 0 Å². The number of aryl methyl sites for hydroxylation is 2. The van der Waals surface area contributed by atoms with Crippen molar-refractivity contribution in [2.24, 2.45) is 0 Å². The van der Waals surface area contributed by atoms with E-state index >= 15 is 0 Å². The molecule has 0 radical (unpaired) electrons. The van der Waals surface area contributed by atoms with E-state index in [1.54, 1.807) is 0 Å². The maximum absolute atomic E-state index is 11.1. The van der Waals surface area contributed by atoms with Gasteiger partial charge in [0.05, 0.1) is 5.92 Å². The van der Waals surface area contributed by atoms with Crippen LogP contribution in [0.3, 0.4) is 0 Å². The van der Waals surface area contributed by atoms with Crippen LogP contribution in [-0.2, 0) is 4.79 Å². The Morgan fingerprint density at radius 3 is 2.73 bits per heavy atom. The Kier molecular flexibility index (Phi) is 2.39. The fraction of sp³-hybridized carbons (Fsp3) is 0.417. The highest BCUT2D eigenvalue weighted by atomic mass is 16.4. The summed E-state index contributed by atoms with van der Waals surface area (Å²) < 4.78 is 0. The SMILES string of the molecule is Cc1cc2c(cc1C)C(C(=O)O)CCN2. The van der Waals surface area contributed by atoms with Crippen molar-refractivity contribution in [1.82, 2.24) is 0 Å². The molecule has 0 amide bonds. The number of nitrogens with one attached hydrogen (secondary N) is 1. The zero-order valence-corrected chi connectivity index (χ0v) is 9.00. The lowest BCUT2D eigenvalue weighted by atomic mass is 9.88. The van der Waals surface area contributed by atoms with Gasteiger partial charge in [0.25, 0.3) is 0 Å². The van der Waals surface area contributed by atoms with Crippen molar-refractivity contribution < 1.29 is 9.90 Å². The van der Waals surface area contributed by atoms with Crippen LogP contribution >= 0.6 is 0 Å². The summed E-state index contributed by atoms with van der Waals surface area (Å²) in [5.74, 6) is -1.07. The molecule has 15 heavy (non-hydrogen) atoms. The van der Waals surface area contributed by atoms with E-state index in [1.807, 2.05) is 26.0 Å². The number of carboxylic acid groups (broad SMARTS) is 1. The highest BCUT2D eigenvalue weighted by Crippen LogP contribution is 2.33. The molecule has 1 unspecified atom stereocenters. The van der Waals surface area contributed by atoms with Gasteiger partial charge in [0.2, 0.25) is 0 Å². The van der Waals surface area contributed by atoms with Gasteiger partial charge in [-0.05, 0) is 43.0 Å². The zero-order chi connectivity index (χ0) is 11.0. The fourth-order valence-electron chi connectivity index (χ4n) is 2.04. The van der Waals surface area contributed by atoms with Gasteiger partial charge in [0.1, 0.15) is 0 Å². The number of benzene rings is 1. The van der Waals surface area contributed by atoms with Crippen LogP contribution in [0.25, 0.3) is 0 Å². The third-order valence-corrected chi connectivity index (χ3v) is 3.09. The summed E-state index contributed by atoms with van der Waals surface area (Å²) in [6.07, 6.45) is 0.671. The third-order valence-electron chi connectivity index (χ3n) is 3.09. The van der Waals surface area contributed by atoms with E-state index in [4.69, 9.17) is 5.11 Å². The number of hydrogen-bond acceptors (Lipinski definition) is 2. The van der Waals surface area contributed by atoms with Gasteiger partial charge in [-0.25, -0.2) is 0 Å². The second-order valence-corrected chi connectivity index (χ2v) is 4.13. The highest BCUT2D eigenvalue weighted by Gasteiger charge is 2.26. The van der Waals surface area contributed by atoms with Crippen LogP contribution in [0, 0.1) is 13.8 Å². The number of carboxylic acids is 1. The maximum atomic E-state index is 11.1. The summed E-state index contributed by atoms with van der Waals surface area (Å²) in [4.78, 5) is 11.1. The first kappa shape index (κ1) is 10.0. The van der Waals surface area contributed by atoms with Crippen molar-refractivity contribution in [3.8, 4) is 0 Å². The number of fused-ring (bicyclic) bond motifs is 1. The molecule has 0 bridgehead atoms. The molecule has 80 valence electrons. The Hall–Kier alpha value is -1.51. The van der Waals surface area contributed by atoms with E-state index in [9.17, 15) is 4.79 Å². The Morgan fingerprint density at radius 1 is 1.40 bits per heavy atom. The lowest BCUT2D eigenvalue weighted by Crippen LogP contribution is -2.22. The number of rotatable bonds is 1. The largest absolute Gasteiger partial charge is 0.481 e. The molecule has 2 N–H and O–H groups in total. The average Bonchev–Trinajstić information content (AvgIpc) is 2.18. The van der Waals surface area contributed by atoms with Crippen molar-refractivity contribution >= 4 is 11.7 Å². The summed E-state index contributed by atoms with van der Waals surface area (Å²) in [5, 5.41) is 12.4. The van der Waals surface area contributed by atoms with E-state index in [2.05, 4.69) is 5.32 Å². The van der Waals surface area contributed by atoms with Gasteiger partial charge in [-0.2, -0.15) is 0 Å². The van der Waals surface area contributed by atoms with Gasteiger partial charge in [-0.1, -0.05) is 6.07 Å². The van der Waals surface area contributed by atoms with Gasteiger partial charge >= 0.3 is 5.97 Å². The van der Waals surface area contributed by atoms with Crippen LogP contribution in [0.15, 0.2) is 12.1 Å². The molecule has 0 aliphatic carbocycles. The minimum atomic E-state index is -0.721. The molecule has 1 aromatic carbocycles. The monoisotopic (exact) mass is 205 g/mol. The maximum Gasteiger partial charge on any atom is 0.311 e. The summed E-state index contributed by atoms with van der Waals surface area (Å²) in [6, 6.07) is 4.04. The van der Waals surface area contributed by atoms with Crippen LogP contribution in [-0.4, -0.2) is 17.6 Å². The topological polar surface area (TPSA) is 49.3 Å². The molecule has 0 saturated carbocycles. The second-order valence-electron chi connectivity index (χ2n) is 4.13. The Balaban J connectivity index is 2.51. The molecule has 1 atom stereocenters. The number of anilines is 1. The summed E-state index contributed by atoms with van der Waals surface area (Å²) >= 11 is 0. The highest BCUT2D eigenvalue weighted by molar-refractivity contribution is 5.80. The van der Waals surface area contributed by atoms with Crippen molar-refractivity contribution in [2.75, 3.05) is 11.9 Å². The molecule has 0 aromatic heterocycles. The first-order chi connectivity index (χ1) is 7.09. The second kappa shape index (κ2) is 3.57. The van der Waals surface area contributed by atoms with Crippen LogP contribution in [0.2, 0.25) is 0 Å². The van der Waals surface area contributed by atoms with Crippen LogP contribution < -0.4 is 5.32 Å². The van der Waals surface area contributed by atoms with Gasteiger partial charge in [-0.15, -0.1) is 0 Å². The van der Waals surface area contributed by atoms with E-state index in [1.165, 1.54) is 5.56 Å². The minimum Gasteiger partial charge on any atom is -0.481 e. The van der Waals surface area contributed by atoms with Gasteiger partial charge in [0, 0.05) is 12.2 Å². The van der Waals surface area contributed by atoms with Crippen molar-refractivity contribution in [2.45, 2.75) is 26.2 Å². The van der Waals surface area contributed by atoms with Gasteiger partial charge in [0.15, 0.2) is 0 Å². The number of aliphatic carboxylic acids is 1. The molecule has 0 saturated heterocycles. The smallest absolute Gasteiger partial charge is 0.311 e. The molecule has 3 nitrogen and oxygen atoms in total. The zero-order valence-electron chi connectivity index (χ0n) is 9.00. The van der Waals surface area contributed by atoms with E-state index in [-0.39, 0.29) is 5.92 Å². The third kappa shape index (κ3) is 1.69. The molecule has 0 spiro atoms. The average molecular weight is 205 g/mol. The summed E-state index contributed by atoms with van der Waals surface area (Å²) in [7, 11) is 0. The number of hydrogen-bond donors (Lipinski definition) is 2. The molecule has 3 heteroatoms. The summed E-state index contributed by atoms with van der Waals surface area (Å²) in [6.45, 7) is 4.80.